The van der Waals surface area contributed by atoms with Crippen molar-refractivity contribution in [1.82, 2.24) is 4.90 Å². The standard InChI is InChI=1S/C16H19ClFNO4/c17-13-4-1-5-14(18)12(13)9-15(20)19(7-6-16(21)22)10-11-3-2-8-23-11/h1,4-5,11H,2-3,6-10H2,(H,21,22)/t11-/m1/s1. The molecular formula is C16H19ClFNO4. The molecule has 2 rings (SSSR count). The molecule has 1 amide bonds. The zero-order valence-electron chi connectivity index (χ0n) is 12.6. The molecule has 5 nitrogen and oxygen atoms in total. The van der Waals surface area contributed by atoms with Crippen LogP contribution in [0, 0.1) is 5.82 Å². The number of carbonyl (C=O) groups is 2. The third kappa shape index (κ3) is 5.18. The van der Waals surface area contributed by atoms with E-state index in [1.807, 2.05) is 0 Å². The van der Waals surface area contributed by atoms with Crippen molar-refractivity contribution in [3.8, 4) is 0 Å². The molecule has 0 unspecified atom stereocenters. The number of hydrogen-bond donors (Lipinski definition) is 1. The highest BCUT2D eigenvalue weighted by atomic mass is 35.5. The van der Waals surface area contributed by atoms with Gasteiger partial charge in [0.2, 0.25) is 5.91 Å². The summed E-state index contributed by atoms with van der Waals surface area (Å²) >= 11 is 5.95. The number of ether oxygens (including phenoxy) is 1. The van der Waals surface area contributed by atoms with Gasteiger partial charge in [-0.25, -0.2) is 4.39 Å². The van der Waals surface area contributed by atoms with Crippen LogP contribution in [0.1, 0.15) is 24.8 Å². The maximum atomic E-state index is 13.8. The molecular weight excluding hydrogens is 325 g/mol. The number of aliphatic carboxylic acids is 1. The smallest absolute Gasteiger partial charge is 0.305 e. The van der Waals surface area contributed by atoms with Crippen LogP contribution in [0.25, 0.3) is 0 Å². The van der Waals surface area contributed by atoms with Gasteiger partial charge in [0.15, 0.2) is 0 Å². The molecule has 0 radical (unpaired) electrons. The first-order valence-electron chi connectivity index (χ1n) is 7.51. The van der Waals surface area contributed by atoms with E-state index in [4.69, 9.17) is 21.4 Å². The van der Waals surface area contributed by atoms with Crippen molar-refractivity contribution in [3.05, 3.63) is 34.6 Å². The quantitative estimate of drug-likeness (QED) is 0.826. The van der Waals surface area contributed by atoms with E-state index in [9.17, 15) is 14.0 Å². The highest BCUT2D eigenvalue weighted by Crippen LogP contribution is 2.21. The summed E-state index contributed by atoms with van der Waals surface area (Å²) in [5.41, 5.74) is 0.131. The number of amides is 1. The topological polar surface area (TPSA) is 66.8 Å². The largest absolute Gasteiger partial charge is 0.481 e. The first-order valence-corrected chi connectivity index (χ1v) is 7.89. The third-order valence-corrected chi connectivity index (χ3v) is 4.14. The van der Waals surface area contributed by atoms with Crippen LogP contribution in [0.15, 0.2) is 18.2 Å². The highest BCUT2D eigenvalue weighted by molar-refractivity contribution is 6.31. The Labute approximate surface area is 139 Å². The summed E-state index contributed by atoms with van der Waals surface area (Å²) in [6, 6.07) is 4.24. The second kappa shape index (κ2) is 8.26. The van der Waals surface area contributed by atoms with Crippen LogP contribution in [0.5, 0.6) is 0 Å². The zero-order chi connectivity index (χ0) is 16.8. The van der Waals surface area contributed by atoms with Crippen LogP contribution in [0.4, 0.5) is 4.39 Å². The van der Waals surface area contributed by atoms with Gasteiger partial charge in [0.1, 0.15) is 5.82 Å². The Bertz CT molecular complexity index is 555. The van der Waals surface area contributed by atoms with Crippen LogP contribution in [0.2, 0.25) is 5.02 Å². The molecule has 7 heteroatoms. The fraction of sp³-hybridized carbons (Fsp3) is 0.500. The van der Waals surface area contributed by atoms with Gasteiger partial charge in [0, 0.05) is 30.3 Å². The fourth-order valence-corrected chi connectivity index (χ4v) is 2.78. The minimum absolute atomic E-state index is 0.0695. The fourth-order valence-electron chi connectivity index (χ4n) is 2.55. The van der Waals surface area contributed by atoms with Gasteiger partial charge in [-0.15, -0.1) is 0 Å². The van der Waals surface area contributed by atoms with Crippen molar-refractivity contribution in [2.24, 2.45) is 0 Å². The van der Waals surface area contributed by atoms with Gasteiger partial charge < -0.3 is 14.7 Å². The summed E-state index contributed by atoms with van der Waals surface area (Å²) in [7, 11) is 0. The minimum atomic E-state index is -0.987. The molecule has 0 spiro atoms. The lowest BCUT2D eigenvalue weighted by molar-refractivity contribution is -0.139. The molecule has 0 aliphatic carbocycles. The second-order valence-corrected chi connectivity index (χ2v) is 5.90. The molecule has 0 aromatic heterocycles. The summed E-state index contributed by atoms with van der Waals surface area (Å²) in [6.07, 6.45) is 1.30. The molecule has 1 aliphatic heterocycles. The number of benzene rings is 1. The lowest BCUT2D eigenvalue weighted by Gasteiger charge is -2.25. The lowest BCUT2D eigenvalue weighted by atomic mass is 10.1. The predicted molar refractivity (Wildman–Crippen MR) is 82.9 cm³/mol. The predicted octanol–water partition coefficient (Wildman–Crippen LogP) is 2.50. The van der Waals surface area contributed by atoms with Crippen molar-refractivity contribution < 1.29 is 23.8 Å². The van der Waals surface area contributed by atoms with Gasteiger partial charge in [-0.1, -0.05) is 17.7 Å². The van der Waals surface area contributed by atoms with Crippen LogP contribution >= 0.6 is 11.6 Å². The molecule has 1 heterocycles. The van der Waals surface area contributed by atoms with Gasteiger partial charge in [-0.2, -0.15) is 0 Å². The molecule has 1 fully saturated rings. The molecule has 1 saturated heterocycles. The lowest BCUT2D eigenvalue weighted by Crippen LogP contribution is -2.39. The molecule has 23 heavy (non-hydrogen) atoms. The van der Waals surface area contributed by atoms with E-state index in [2.05, 4.69) is 0 Å². The van der Waals surface area contributed by atoms with E-state index in [0.717, 1.165) is 12.8 Å². The van der Waals surface area contributed by atoms with E-state index < -0.39 is 11.8 Å². The van der Waals surface area contributed by atoms with Gasteiger partial charge >= 0.3 is 5.97 Å². The minimum Gasteiger partial charge on any atom is -0.481 e. The molecule has 1 aromatic rings. The maximum absolute atomic E-state index is 13.8. The molecule has 1 atom stereocenters. The van der Waals surface area contributed by atoms with Crippen molar-refractivity contribution in [2.45, 2.75) is 31.8 Å². The summed E-state index contributed by atoms with van der Waals surface area (Å²) in [4.78, 5) is 24.7. The molecule has 1 aliphatic rings. The Kier molecular flexibility index (Phi) is 6.36. The molecule has 126 valence electrons. The summed E-state index contributed by atoms with van der Waals surface area (Å²) in [5, 5.41) is 9.02. The Balaban J connectivity index is 2.06. The van der Waals surface area contributed by atoms with Crippen LogP contribution in [-0.4, -0.2) is 47.7 Å². The van der Waals surface area contributed by atoms with E-state index >= 15 is 0 Å². The maximum Gasteiger partial charge on any atom is 0.305 e. The average molecular weight is 344 g/mol. The van der Waals surface area contributed by atoms with Gasteiger partial charge in [-0.3, -0.25) is 9.59 Å². The molecule has 1 aromatic carbocycles. The average Bonchev–Trinajstić information content (AvgIpc) is 3.00. The summed E-state index contributed by atoms with van der Waals surface area (Å²) < 4.78 is 19.3. The zero-order valence-corrected chi connectivity index (χ0v) is 13.4. The van der Waals surface area contributed by atoms with Crippen molar-refractivity contribution in [3.63, 3.8) is 0 Å². The van der Waals surface area contributed by atoms with E-state index in [0.29, 0.717) is 13.2 Å². The van der Waals surface area contributed by atoms with Crippen molar-refractivity contribution in [1.29, 1.82) is 0 Å². The number of rotatable bonds is 7. The summed E-state index contributed by atoms with van der Waals surface area (Å²) in [5.74, 6) is -1.88. The Morgan fingerprint density at radius 2 is 2.22 bits per heavy atom. The Morgan fingerprint density at radius 3 is 2.83 bits per heavy atom. The first-order chi connectivity index (χ1) is 11.0. The number of hydrogen-bond acceptors (Lipinski definition) is 3. The first kappa shape index (κ1) is 17.7. The Morgan fingerprint density at radius 1 is 1.43 bits per heavy atom. The van der Waals surface area contributed by atoms with Gasteiger partial charge in [0.05, 0.1) is 18.9 Å². The van der Waals surface area contributed by atoms with Crippen molar-refractivity contribution in [2.75, 3.05) is 19.7 Å². The number of carboxylic acid groups (broad SMARTS) is 1. The second-order valence-electron chi connectivity index (χ2n) is 5.50. The van der Waals surface area contributed by atoms with Crippen LogP contribution in [-0.2, 0) is 20.7 Å². The highest BCUT2D eigenvalue weighted by Gasteiger charge is 2.24. The van der Waals surface area contributed by atoms with E-state index in [-0.39, 0.29) is 42.0 Å². The third-order valence-electron chi connectivity index (χ3n) is 3.79. The molecule has 1 N–H and O–H groups in total. The SMILES string of the molecule is O=C(O)CCN(C[C@H]1CCCO1)C(=O)Cc1c(F)cccc1Cl. The summed E-state index contributed by atoms with van der Waals surface area (Å²) in [6.45, 7) is 1.03. The number of carbonyl (C=O) groups excluding carboxylic acids is 1. The van der Waals surface area contributed by atoms with Gasteiger partial charge in [-0.05, 0) is 25.0 Å². The monoisotopic (exact) mass is 343 g/mol. The normalized spacial score (nSPS) is 17.2. The number of halogens is 2. The molecule has 0 bridgehead atoms. The number of nitrogens with zero attached hydrogens (tertiary/aromatic N) is 1. The Hall–Kier alpha value is -1.66. The van der Waals surface area contributed by atoms with Crippen molar-refractivity contribution >= 4 is 23.5 Å². The molecule has 0 saturated carbocycles. The van der Waals surface area contributed by atoms with E-state index in [1.165, 1.54) is 23.1 Å². The van der Waals surface area contributed by atoms with E-state index in [1.54, 1.807) is 0 Å². The van der Waals surface area contributed by atoms with Crippen LogP contribution < -0.4 is 0 Å². The van der Waals surface area contributed by atoms with Gasteiger partial charge in [0.25, 0.3) is 0 Å². The van der Waals surface area contributed by atoms with Crippen LogP contribution in [0.3, 0.4) is 0 Å². The number of carboxylic acids is 1.